The summed E-state index contributed by atoms with van der Waals surface area (Å²) in [4.78, 5) is 16.5. The molecule has 2 heterocycles. The summed E-state index contributed by atoms with van der Waals surface area (Å²) < 4.78 is 26.8. The fraction of sp³-hybridized carbons (Fsp3) is 0.300. The van der Waals surface area contributed by atoms with Gasteiger partial charge in [0.1, 0.15) is 34.5 Å². The molecule has 1 aliphatic rings. The van der Waals surface area contributed by atoms with E-state index in [2.05, 4.69) is 11.8 Å². The smallest absolute Gasteiger partial charge is 0.207 e. The first-order chi connectivity index (χ1) is 17.8. The normalized spacial score (nSPS) is 14.1. The van der Waals surface area contributed by atoms with Crippen LogP contribution in [0.2, 0.25) is 0 Å². The number of hydrogen-bond acceptors (Lipinski definition) is 6. The standard InChI is InChI=1S/C30H30FNO4S/c1-4-20-16-32(17-20)11-12-35-23-6-8-24(9-7-23)36-29-25-10-5-22(33)15-26(25)37-30(29)28(34)27-18(2)13-21(31)14-19(27)3/h5-10,13-15,20,33H,4,11-12,16-17H2,1-3H3. The van der Waals surface area contributed by atoms with Crippen LogP contribution in [-0.4, -0.2) is 42.0 Å². The van der Waals surface area contributed by atoms with Crippen molar-refractivity contribution in [3.63, 3.8) is 0 Å². The van der Waals surface area contributed by atoms with Crippen LogP contribution in [0, 0.1) is 25.6 Å². The number of thiophene rings is 1. The van der Waals surface area contributed by atoms with Gasteiger partial charge >= 0.3 is 0 Å². The fourth-order valence-corrected chi connectivity index (χ4v) is 5.94. The highest BCUT2D eigenvalue weighted by Gasteiger charge is 2.26. The number of rotatable bonds is 9. The second kappa shape index (κ2) is 10.5. The highest BCUT2D eigenvalue weighted by Crippen LogP contribution is 2.43. The third kappa shape index (κ3) is 5.33. The number of ketones is 1. The first kappa shape index (κ1) is 25.2. The Balaban J connectivity index is 1.37. The number of likely N-dealkylation sites (tertiary alicyclic amines) is 1. The van der Waals surface area contributed by atoms with Crippen LogP contribution in [0.5, 0.6) is 23.0 Å². The first-order valence-electron chi connectivity index (χ1n) is 12.5. The number of phenolic OH excluding ortho intramolecular Hbond substituents is 1. The molecule has 4 aromatic rings. The molecule has 0 saturated carbocycles. The molecule has 5 rings (SSSR count). The van der Waals surface area contributed by atoms with Crippen molar-refractivity contribution in [3.05, 3.63) is 82.0 Å². The van der Waals surface area contributed by atoms with E-state index < -0.39 is 0 Å². The number of hydrogen-bond donors (Lipinski definition) is 1. The summed E-state index contributed by atoms with van der Waals surface area (Å²) in [6, 6.07) is 15.0. The van der Waals surface area contributed by atoms with Crippen LogP contribution in [0.25, 0.3) is 10.1 Å². The number of nitrogens with zero attached hydrogens (tertiary/aromatic N) is 1. The summed E-state index contributed by atoms with van der Waals surface area (Å²) in [5.74, 6) is 2.07. The quantitative estimate of drug-likeness (QED) is 0.239. The molecule has 1 N–H and O–H groups in total. The van der Waals surface area contributed by atoms with Crippen LogP contribution in [0.1, 0.15) is 39.7 Å². The van der Waals surface area contributed by atoms with Crippen molar-refractivity contribution in [2.24, 2.45) is 5.92 Å². The Morgan fingerprint density at radius 3 is 2.41 bits per heavy atom. The minimum absolute atomic E-state index is 0.110. The predicted molar refractivity (Wildman–Crippen MR) is 145 cm³/mol. The number of fused-ring (bicyclic) bond motifs is 1. The molecule has 7 heteroatoms. The molecule has 1 aliphatic heterocycles. The predicted octanol–water partition coefficient (Wildman–Crippen LogP) is 7.11. The molecule has 0 unspecified atom stereocenters. The van der Waals surface area contributed by atoms with Crippen LogP contribution < -0.4 is 9.47 Å². The minimum Gasteiger partial charge on any atom is -0.508 e. The van der Waals surface area contributed by atoms with Gasteiger partial charge in [-0.15, -0.1) is 11.3 Å². The molecule has 1 aromatic heterocycles. The van der Waals surface area contributed by atoms with E-state index in [-0.39, 0.29) is 17.3 Å². The lowest BCUT2D eigenvalue weighted by molar-refractivity contribution is 0.0806. The minimum atomic E-state index is -0.373. The molecule has 0 bridgehead atoms. The van der Waals surface area contributed by atoms with E-state index in [4.69, 9.17) is 9.47 Å². The molecule has 37 heavy (non-hydrogen) atoms. The summed E-state index contributed by atoms with van der Waals surface area (Å²) in [7, 11) is 0. The highest BCUT2D eigenvalue weighted by atomic mass is 32.1. The molecule has 3 aromatic carbocycles. The summed E-state index contributed by atoms with van der Waals surface area (Å²) in [5, 5.41) is 10.7. The monoisotopic (exact) mass is 519 g/mol. The Bertz CT molecular complexity index is 1420. The van der Waals surface area contributed by atoms with E-state index in [1.165, 1.54) is 29.9 Å². The molecule has 1 fully saturated rings. The van der Waals surface area contributed by atoms with Gasteiger partial charge in [-0.05, 0) is 85.5 Å². The van der Waals surface area contributed by atoms with E-state index in [1.54, 1.807) is 32.0 Å². The van der Waals surface area contributed by atoms with Gasteiger partial charge in [0.05, 0.1) is 0 Å². The van der Waals surface area contributed by atoms with Gasteiger partial charge < -0.3 is 14.6 Å². The number of aromatic hydroxyl groups is 1. The van der Waals surface area contributed by atoms with Gasteiger partial charge in [-0.1, -0.05) is 13.3 Å². The van der Waals surface area contributed by atoms with Crippen LogP contribution in [0.15, 0.2) is 54.6 Å². The van der Waals surface area contributed by atoms with E-state index in [9.17, 15) is 14.3 Å². The average molecular weight is 520 g/mol. The van der Waals surface area contributed by atoms with Gasteiger partial charge in [0.15, 0.2) is 5.75 Å². The van der Waals surface area contributed by atoms with Gasteiger partial charge in [0, 0.05) is 35.3 Å². The second-order valence-electron chi connectivity index (χ2n) is 9.64. The van der Waals surface area contributed by atoms with Crippen molar-refractivity contribution in [1.29, 1.82) is 0 Å². The van der Waals surface area contributed by atoms with Gasteiger partial charge in [0.2, 0.25) is 5.78 Å². The Labute approximate surface area is 220 Å². The Morgan fingerprint density at radius 2 is 1.73 bits per heavy atom. The third-order valence-electron chi connectivity index (χ3n) is 6.89. The number of carbonyl (C=O) groups excluding carboxylic acids is 1. The third-order valence-corrected chi connectivity index (χ3v) is 8.02. The number of benzene rings is 3. The number of carbonyl (C=O) groups is 1. The lowest BCUT2D eigenvalue weighted by Gasteiger charge is -2.38. The van der Waals surface area contributed by atoms with Crippen molar-refractivity contribution in [2.75, 3.05) is 26.2 Å². The molecule has 192 valence electrons. The number of ether oxygens (including phenoxy) is 2. The van der Waals surface area contributed by atoms with Gasteiger partial charge in [-0.3, -0.25) is 9.69 Å². The van der Waals surface area contributed by atoms with Crippen molar-refractivity contribution in [2.45, 2.75) is 27.2 Å². The van der Waals surface area contributed by atoms with Crippen molar-refractivity contribution in [1.82, 2.24) is 4.90 Å². The van der Waals surface area contributed by atoms with E-state index in [0.717, 1.165) is 41.4 Å². The summed E-state index contributed by atoms with van der Waals surface area (Å²) >= 11 is 1.25. The number of halogens is 1. The summed E-state index contributed by atoms with van der Waals surface area (Å²) in [6.45, 7) is 9.53. The maximum Gasteiger partial charge on any atom is 0.207 e. The molecule has 0 spiro atoms. The topological polar surface area (TPSA) is 59.0 Å². The fourth-order valence-electron chi connectivity index (χ4n) is 4.83. The van der Waals surface area contributed by atoms with E-state index in [0.29, 0.717) is 39.7 Å². The van der Waals surface area contributed by atoms with Crippen LogP contribution in [0.4, 0.5) is 4.39 Å². The molecule has 0 aliphatic carbocycles. The van der Waals surface area contributed by atoms with Gasteiger partial charge in [0.25, 0.3) is 0 Å². The lowest BCUT2D eigenvalue weighted by atomic mass is 9.97. The number of phenols is 1. The molecule has 5 nitrogen and oxygen atoms in total. The van der Waals surface area contributed by atoms with E-state index in [1.807, 2.05) is 24.3 Å². The maximum atomic E-state index is 13.9. The molecule has 0 amide bonds. The number of aryl methyl sites for hydroxylation is 2. The zero-order chi connectivity index (χ0) is 26.1. The molecular weight excluding hydrogens is 489 g/mol. The van der Waals surface area contributed by atoms with Crippen LogP contribution in [0.3, 0.4) is 0 Å². The Morgan fingerprint density at radius 1 is 1.05 bits per heavy atom. The lowest BCUT2D eigenvalue weighted by Crippen LogP contribution is -2.47. The highest BCUT2D eigenvalue weighted by molar-refractivity contribution is 7.21. The summed E-state index contributed by atoms with van der Waals surface area (Å²) in [6.07, 6.45) is 1.23. The Kier molecular flexibility index (Phi) is 7.17. The maximum absolute atomic E-state index is 13.9. The van der Waals surface area contributed by atoms with Gasteiger partial charge in [-0.2, -0.15) is 0 Å². The van der Waals surface area contributed by atoms with Crippen molar-refractivity contribution < 1.29 is 23.8 Å². The zero-order valence-corrected chi connectivity index (χ0v) is 22.0. The Hall–Kier alpha value is -3.42. The molecule has 0 atom stereocenters. The summed E-state index contributed by atoms with van der Waals surface area (Å²) in [5.41, 5.74) is 1.59. The zero-order valence-electron chi connectivity index (χ0n) is 21.2. The molecule has 1 saturated heterocycles. The van der Waals surface area contributed by atoms with Crippen LogP contribution >= 0.6 is 11.3 Å². The van der Waals surface area contributed by atoms with Crippen LogP contribution in [-0.2, 0) is 0 Å². The van der Waals surface area contributed by atoms with Crippen molar-refractivity contribution in [3.8, 4) is 23.0 Å². The second-order valence-corrected chi connectivity index (χ2v) is 10.7. The molecular formula is C30H30FNO4S. The van der Waals surface area contributed by atoms with Crippen molar-refractivity contribution >= 4 is 27.2 Å². The first-order valence-corrected chi connectivity index (χ1v) is 13.3. The average Bonchev–Trinajstić information content (AvgIpc) is 3.18. The van der Waals surface area contributed by atoms with Gasteiger partial charge in [-0.25, -0.2) is 4.39 Å². The molecule has 0 radical (unpaired) electrons. The van der Waals surface area contributed by atoms with E-state index >= 15 is 0 Å². The largest absolute Gasteiger partial charge is 0.508 e. The SMILES string of the molecule is CCC1CN(CCOc2ccc(Oc3c(C(=O)c4c(C)cc(F)cc4C)sc4cc(O)ccc34)cc2)C1.